The predicted molar refractivity (Wildman–Crippen MR) is 84.9 cm³/mol. The minimum absolute atomic E-state index is 0.0753. The number of carbonyl (C=O) groups is 2. The molecule has 116 valence electrons. The van der Waals surface area contributed by atoms with Gasteiger partial charge < -0.3 is 15.4 Å². The van der Waals surface area contributed by atoms with Gasteiger partial charge in [-0.3, -0.25) is 4.79 Å². The van der Waals surface area contributed by atoms with Gasteiger partial charge in [0.25, 0.3) is 0 Å². The van der Waals surface area contributed by atoms with Crippen molar-refractivity contribution >= 4 is 27.9 Å². The van der Waals surface area contributed by atoms with Gasteiger partial charge in [-0.1, -0.05) is 35.0 Å². The molecule has 6 heteroatoms. The summed E-state index contributed by atoms with van der Waals surface area (Å²) < 4.78 is 5.58. The van der Waals surface area contributed by atoms with E-state index in [1.165, 1.54) is 7.11 Å². The van der Waals surface area contributed by atoms with Crippen LogP contribution in [0.25, 0.3) is 0 Å². The third kappa shape index (κ3) is 6.16. The van der Waals surface area contributed by atoms with Gasteiger partial charge in [0.05, 0.1) is 19.6 Å². The Morgan fingerprint density at radius 2 is 2.05 bits per heavy atom. The molecule has 0 saturated carbocycles. The lowest BCUT2D eigenvalue weighted by atomic mass is 10.0. The molecule has 0 aromatic heterocycles. The Morgan fingerprint density at radius 3 is 2.62 bits per heavy atom. The van der Waals surface area contributed by atoms with Crippen molar-refractivity contribution < 1.29 is 14.3 Å². The molecule has 5 nitrogen and oxygen atoms in total. The number of benzene rings is 1. The number of halogens is 1. The summed E-state index contributed by atoms with van der Waals surface area (Å²) in [5.41, 5.74) is 0.842. The number of methoxy groups -OCH3 is 1. The van der Waals surface area contributed by atoms with Crippen molar-refractivity contribution in [3.8, 4) is 0 Å². The minimum Gasteiger partial charge on any atom is -0.469 e. The zero-order valence-corrected chi connectivity index (χ0v) is 14.1. The molecule has 21 heavy (non-hydrogen) atoms. The molecule has 2 amide bonds. The maximum atomic E-state index is 12.0. The highest BCUT2D eigenvalue weighted by Gasteiger charge is 2.19. The van der Waals surface area contributed by atoms with Crippen LogP contribution in [0, 0.1) is 0 Å². The first-order chi connectivity index (χ1) is 9.96. The molecule has 0 heterocycles. The molecule has 0 bridgehead atoms. The summed E-state index contributed by atoms with van der Waals surface area (Å²) in [6.07, 6.45) is 0.923. The molecule has 0 radical (unpaired) electrons. The lowest BCUT2D eigenvalue weighted by Crippen LogP contribution is -2.42. The van der Waals surface area contributed by atoms with Gasteiger partial charge in [-0.15, -0.1) is 0 Å². The van der Waals surface area contributed by atoms with Crippen molar-refractivity contribution in [2.45, 2.75) is 38.8 Å². The van der Waals surface area contributed by atoms with Crippen molar-refractivity contribution in [2.75, 3.05) is 7.11 Å². The zero-order valence-electron chi connectivity index (χ0n) is 12.5. The van der Waals surface area contributed by atoms with Crippen molar-refractivity contribution in [3.05, 3.63) is 34.3 Å². The monoisotopic (exact) mass is 356 g/mol. The number of hydrogen-bond donors (Lipinski definition) is 2. The van der Waals surface area contributed by atoms with Crippen LogP contribution in [0.2, 0.25) is 0 Å². The van der Waals surface area contributed by atoms with E-state index in [9.17, 15) is 9.59 Å². The number of esters is 1. The van der Waals surface area contributed by atoms with Gasteiger partial charge in [0.15, 0.2) is 0 Å². The van der Waals surface area contributed by atoms with Crippen LogP contribution in [-0.2, 0) is 9.53 Å². The third-order valence-corrected chi connectivity index (χ3v) is 3.64. The van der Waals surface area contributed by atoms with E-state index >= 15 is 0 Å². The Bertz CT molecular complexity index is 494. The Labute approximate surface area is 133 Å². The van der Waals surface area contributed by atoms with Crippen LogP contribution in [0.4, 0.5) is 4.79 Å². The third-order valence-electron chi connectivity index (χ3n) is 3.14. The van der Waals surface area contributed by atoms with E-state index in [-0.39, 0.29) is 24.5 Å². The van der Waals surface area contributed by atoms with Gasteiger partial charge in [-0.05, 0) is 31.0 Å². The summed E-state index contributed by atoms with van der Waals surface area (Å²) in [5, 5.41) is 5.64. The van der Waals surface area contributed by atoms with E-state index in [2.05, 4.69) is 26.6 Å². The molecule has 1 aromatic rings. The topological polar surface area (TPSA) is 67.4 Å². The number of carbonyl (C=O) groups excluding carboxylic acids is 2. The van der Waals surface area contributed by atoms with Crippen molar-refractivity contribution in [2.24, 2.45) is 0 Å². The largest absolute Gasteiger partial charge is 0.469 e. The fourth-order valence-electron chi connectivity index (χ4n) is 1.75. The smallest absolute Gasteiger partial charge is 0.315 e. The standard InChI is InChI=1S/C15H21BrN2O3/c1-4-10(2)17-15(20)18-13(9-14(19)21-3)11-6-5-7-12(16)8-11/h5-8,10,13H,4,9H2,1-3H3,(H2,17,18,20)/t10-,13+/m1/s1. The maximum absolute atomic E-state index is 12.0. The molecule has 1 rings (SSSR count). The predicted octanol–water partition coefficient (Wildman–Crippen LogP) is 3.15. The van der Waals surface area contributed by atoms with Crippen LogP contribution >= 0.6 is 15.9 Å². The molecule has 0 fully saturated rings. The number of amides is 2. The first kappa shape index (κ1) is 17.5. The quantitative estimate of drug-likeness (QED) is 0.769. The summed E-state index contributed by atoms with van der Waals surface area (Å²) in [5.74, 6) is -0.371. The fraction of sp³-hybridized carbons (Fsp3) is 0.467. The Kier molecular flexibility index (Phi) is 7.22. The van der Waals surface area contributed by atoms with E-state index in [1.54, 1.807) is 0 Å². The van der Waals surface area contributed by atoms with Gasteiger partial charge in [0.2, 0.25) is 0 Å². The Balaban J connectivity index is 2.82. The number of nitrogens with one attached hydrogen (secondary N) is 2. The number of urea groups is 1. The minimum atomic E-state index is -0.431. The van der Waals surface area contributed by atoms with E-state index in [0.29, 0.717) is 0 Å². The molecular formula is C15H21BrN2O3. The summed E-state index contributed by atoms with van der Waals surface area (Å²) >= 11 is 3.39. The number of rotatable bonds is 6. The Hall–Kier alpha value is -1.56. The molecule has 0 unspecified atom stereocenters. The van der Waals surface area contributed by atoms with Crippen LogP contribution < -0.4 is 10.6 Å². The number of ether oxygens (including phenoxy) is 1. The van der Waals surface area contributed by atoms with Gasteiger partial charge in [0, 0.05) is 10.5 Å². The average molecular weight is 357 g/mol. The highest BCUT2D eigenvalue weighted by Crippen LogP contribution is 2.21. The second kappa shape index (κ2) is 8.67. The SMILES string of the molecule is CC[C@@H](C)NC(=O)N[C@@H](CC(=O)OC)c1cccc(Br)c1. The Morgan fingerprint density at radius 1 is 1.33 bits per heavy atom. The van der Waals surface area contributed by atoms with Gasteiger partial charge in [-0.2, -0.15) is 0 Å². The van der Waals surface area contributed by atoms with E-state index in [4.69, 9.17) is 4.74 Å². The molecule has 2 atom stereocenters. The van der Waals surface area contributed by atoms with E-state index < -0.39 is 6.04 Å². The summed E-state index contributed by atoms with van der Waals surface area (Å²) in [4.78, 5) is 23.5. The summed E-state index contributed by atoms with van der Waals surface area (Å²) in [6, 6.07) is 6.83. The van der Waals surface area contributed by atoms with Crippen LogP contribution in [0.1, 0.15) is 38.3 Å². The zero-order chi connectivity index (χ0) is 15.8. The fourth-order valence-corrected chi connectivity index (χ4v) is 2.17. The lowest BCUT2D eigenvalue weighted by molar-refractivity contribution is -0.141. The van der Waals surface area contributed by atoms with Crippen molar-refractivity contribution in [1.82, 2.24) is 10.6 Å². The average Bonchev–Trinajstić information content (AvgIpc) is 2.46. The van der Waals surface area contributed by atoms with Crippen LogP contribution in [0.3, 0.4) is 0 Å². The molecule has 0 aliphatic carbocycles. The highest BCUT2D eigenvalue weighted by atomic mass is 79.9. The molecule has 0 aliphatic heterocycles. The van der Waals surface area contributed by atoms with Gasteiger partial charge >= 0.3 is 12.0 Å². The van der Waals surface area contributed by atoms with Crippen LogP contribution in [-0.4, -0.2) is 25.2 Å². The maximum Gasteiger partial charge on any atom is 0.315 e. The summed E-state index contributed by atoms with van der Waals surface area (Å²) in [7, 11) is 1.33. The molecule has 2 N–H and O–H groups in total. The molecule has 1 aromatic carbocycles. The van der Waals surface area contributed by atoms with E-state index in [0.717, 1.165) is 16.5 Å². The molecule has 0 aliphatic rings. The molecule has 0 spiro atoms. The molecule has 0 saturated heterocycles. The first-order valence-corrected chi connectivity index (χ1v) is 7.64. The summed E-state index contributed by atoms with van der Waals surface area (Å²) in [6.45, 7) is 3.92. The second-order valence-corrected chi connectivity index (χ2v) is 5.73. The van der Waals surface area contributed by atoms with Gasteiger partial charge in [0.1, 0.15) is 0 Å². The van der Waals surface area contributed by atoms with Crippen molar-refractivity contribution in [3.63, 3.8) is 0 Å². The second-order valence-electron chi connectivity index (χ2n) is 4.81. The van der Waals surface area contributed by atoms with Crippen LogP contribution in [0.15, 0.2) is 28.7 Å². The highest BCUT2D eigenvalue weighted by molar-refractivity contribution is 9.10. The van der Waals surface area contributed by atoms with Gasteiger partial charge in [-0.25, -0.2) is 4.79 Å². The normalized spacial score (nSPS) is 13.1. The van der Waals surface area contributed by atoms with Crippen molar-refractivity contribution in [1.29, 1.82) is 0 Å². The first-order valence-electron chi connectivity index (χ1n) is 6.85. The van der Waals surface area contributed by atoms with E-state index in [1.807, 2.05) is 38.1 Å². The molecular weight excluding hydrogens is 336 g/mol. The number of hydrogen-bond acceptors (Lipinski definition) is 3. The van der Waals surface area contributed by atoms with Crippen LogP contribution in [0.5, 0.6) is 0 Å². The lowest BCUT2D eigenvalue weighted by Gasteiger charge is -2.20.